The van der Waals surface area contributed by atoms with Gasteiger partial charge in [-0.25, -0.2) is 0 Å². The lowest BCUT2D eigenvalue weighted by molar-refractivity contribution is 0.511. The van der Waals surface area contributed by atoms with E-state index in [4.69, 9.17) is 0 Å². The predicted octanol–water partition coefficient (Wildman–Crippen LogP) is 36.7. The van der Waals surface area contributed by atoms with Crippen molar-refractivity contribution in [2.24, 2.45) is 0 Å². The average molecular weight is 1770 g/mol. The average Bonchev–Trinajstić information content (AvgIpc) is 1.59. The van der Waals surface area contributed by atoms with Gasteiger partial charge in [0.25, 0.3) is 0 Å². The molecule has 10 aliphatic rings. The van der Waals surface area contributed by atoms with E-state index in [2.05, 4.69) is 396 Å². The maximum atomic E-state index is 2.56. The summed E-state index contributed by atoms with van der Waals surface area (Å²) in [4.78, 5) is 0. The molecule has 0 spiro atoms. The molecule has 0 saturated heterocycles. The molecule has 0 bridgehead atoms. The van der Waals surface area contributed by atoms with Crippen molar-refractivity contribution in [2.75, 3.05) is 0 Å². The van der Waals surface area contributed by atoms with Crippen LogP contribution in [0.5, 0.6) is 0 Å². The fourth-order valence-electron chi connectivity index (χ4n) is 26.9. The zero-order valence-corrected chi connectivity index (χ0v) is 84.3. The van der Waals surface area contributed by atoms with Crippen LogP contribution < -0.4 is 0 Å². The van der Waals surface area contributed by atoms with E-state index in [1.807, 2.05) is 0 Å². The fraction of sp³-hybridized carbons (Fsp3) is 0.348. The van der Waals surface area contributed by atoms with Gasteiger partial charge in [-0.05, 0) is 329 Å². The van der Waals surface area contributed by atoms with Crippen LogP contribution in [0.1, 0.15) is 346 Å². The third-order valence-corrected chi connectivity index (χ3v) is 33.4. The van der Waals surface area contributed by atoms with Crippen LogP contribution in [0.4, 0.5) is 0 Å². The van der Waals surface area contributed by atoms with Gasteiger partial charge in [0.15, 0.2) is 0 Å². The maximum absolute atomic E-state index is 2.56. The largest absolute Gasteiger partial charge is 0.0829 e. The SMILES string of the molecule is CCCCCCCCC12C=CCc3c(C)c(C)cc(c31)-c1ccc(C)cc12.CCCCCCCCC12C=CCc3c(C)cc(C)c(c31)-c1ccc(C)cc12.CCCCCCCCC12C=CCc3c(C)ccc(c31)-c1c(C)cc(C)cc12.Cc1ccc2c(c1)C1C=CC(c3ccccc3)(c3ccccc3)c3c(C)ccc-2c31.Cc1ccc2c(c1)C1C=CC(c3ccccc3)c3c(C)ccc-2c31. The molecule has 0 saturated carbocycles. The van der Waals surface area contributed by atoms with Gasteiger partial charge in [0.05, 0.1) is 5.41 Å². The highest BCUT2D eigenvalue weighted by Crippen LogP contribution is 2.63. The van der Waals surface area contributed by atoms with Crippen molar-refractivity contribution < 1.29 is 0 Å². The molecule has 6 unspecified atom stereocenters. The Balaban J connectivity index is 0.000000109. The van der Waals surface area contributed by atoms with Crippen LogP contribution in [-0.2, 0) is 40.9 Å². The van der Waals surface area contributed by atoms with E-state index in [9.17, 15) is 0 Å². The molecule has 13 aromatic carbocycles. The second kappa shape index (κ2) is 39.0. The quantitative estimate of drug-likeness (QED) is 0.0418. The lowest BCUT2D eigenvalue weighted by atomic mass is 9.62. The van der Waals surface area contributed by atoms with Crippen LogP contribution in [0.3, 0.4) is 0 Å². The highest BCUT2D eigenvalue weighted by Gasteiger charge is 2.50. The second-order valence-corrected chi connectivity index (χ2v) is 42.4. The van der Waals surface area contributed by atoms with Gasteiger partial charge < -0.3 is 0 Å². The summed E-state index contributed by atoms with van der Waals surface area (Å²) in [7, 11) is 0. The Morgan fingerprint density at radius 1 is 0.252 bits per heavy atom. The van der Waals surface area contributed by atoms with E-state index in [1.165, 1.54) is 307 Å². The first-order valence-corrected chi connectivity index (χ1v) is 52.5. The molecule has 0 aliphatic heterocycles. The van der Waals surface area contributed by atoms with Crippen molar-refractivity contribution in [3.63, 3.8) is 0 Å². The number of allylic oxidation sites excluding steroid dienone is 10. The van der Waals surface area contributed by atoms with E-state index in [-0.39, 0.29) is 21.7 Å². The van der Waals surface area contributed by atoms with Crippen LogP contribution in [0.15, 0.2) is 285 Å². The molecule has 0 fully saturated rings. The Bertz CT molecular complexity index is 6750. The van der Waals surface area contributed by atoms with Crippen molar-refractivity contribution in [2.45, 2.75) is 304 Å². The molecule has 0 amide bonds. The molecule has 6 atom stereocenters. The topological polar surface area (TPSA) is 0 Å². The van der Waals surface area contributed by atoms with Crippen molar-refractivity contribution in [3.05, 3.63) is 458 Å². The summed E-state index contributed by atoms with van der Waals surface area (Å²) in [5, 5.41) is 0. The van der Waals surface area contributed by atoms with E-state index in [1.54, 1.807) is 55.6 Å². The van der Waals surface area contributed by atoms with Gasteiger partial charge in [0, 0.05) is 34.0 Å². The summed E-state index contributed by atoms with van der Waals surface area (Å²) in [5.74, 6) is 1.13. The Kier molecular flexibility index (Phi) is 26.7. The van der Waals surface area contributed by atoms with Crippen LogP contribution in [0.2, 0.25) is 0 Å². The van der Waals surface area contributed by atoms with E-state index < -0.39 is 0 Å². The minimum Gasteiger partial charge on any atom is -0.0829 e. The summed E-state index contributed by atoms with van der Waals surface area (Å²) in [6.45, 7) is 36.4. The van der Waals surface area contributed by atoms with Crippen LogP contribution in [0.25, 0.3) is 55.6 Å². The van der Waals surface area contributed by atoms with Gasteiger partial charge in [0.2, 0.25) is 0 Å². The third kappa shape index (κ3) is 16.5. The lowest BCUT2D eigenvalue weighted by Crippen LogP contribution is -2.32. The molecule has 0 heteroatoms. The van der Waals surface area contributed by atoms with Crippen LogP contribution in [-0.4, -0.2) is 0 Å². The molecule has 135 heavy (non-hydrogen) atoms. The first-order valence-electron chi connectivity index (χ1n) is 52.5. The van der Waals surface area contributed by atoms with Crippen molar-refractivity contribution >= 4 is 0 Å². The van der Waals surface area contributed by atoms with E-state index >= 15 is 0 Å². The smallest absolute Gasteiger partial charge is 0.0638 e. The number of rotatable bonds is 24. The maximum Gasteiger partial charge on any atom is 0.0638 e. The van der Waals surface area contributed by atoms with E-state index in [0.29, 0.717) is 17.8 Å². The zero-order chi connectivity index (χ0) is 93.6. The van der Waals surface area contributed by atoms with E-state index in [0.717, 1.165) is 19.3 Å². The van der Waals surface area contributed by atoms with Crippen molar-refractivity contribution in [1.82, 2.24) is 0 Å². The van der Waals surface area contributed by atoms with Gasteiger partial charge in [-0.3, -0.25) is 0 Å². The van der Waals surface area contributed by atoms with Gasteiger partial charge in [-0.15, -0.1) is 0 Å². The molecule has 0 nitrogen and oxygen atoms in total. The number of hydrogen-bond donors (Lipinski definition) is 0. The lowest BCUT2D eigenvalue weighted by Gasteiger charge is -2.40. The van der Waals surface area contributed by atoms with Gasteiger partial charge in [-0.1, -0.05) is 449 Å². The normalized spacial score (nSPS) is 19.0. The van der Waals surface area contributed by atoms with Gasteiger partial charge >= 0.3 is 0 Å². The summed E-state index contributed by atoms with van der Waals surface area (Å²) in [6, 6.07) is 84.8. The fourth-order valence-corrected chi connectivity index (χ4v) is 26.9. The molecule has 23 rings (SSSR count). The molecular weight excluding hydrogens is 1620 g/mol. The Morgan fingerprint density at radius 2 is 0.674 bits per heavy atom. The minimum atomic E-state index is -0.272. The molecule has 10 aliphatic carbocycles. The number of hydrogen-bond acceptors (Lipinski definition) is 0. The van der Waals surface area contributed by atoms with Crippen LogP contribution >= 0.6 is 0 Å². The Hall–Kier alpha value is -11.4. The molecule has 13 aromatic rings. The molecule has 0 N–H and O–H groups in total. The van der Waals surface area contributed by atoms with Gasteiger partial charge in [-0.2, -0.15) is 0 Å². The molecule has 686 valence electrons. The molecule has 0 aromatic heterocycles. The number of unbranched alkanes of at least 4 members (excludes halogenated alkanes) is 15. The summed E-state index contributed by atoms with van der Waals surface area (Å²) in [5.41, 5.74) is 60.6. The predicted molar refractivity (Wildman–Crippen MR) is 579 cm³/mol. The van der Waals surface area contributed by atoms with Crippen molar-refractivity contribution in [1.29, 1.82) is 0 Å². The number of aryl methyl sites for hydroxylation is 12. The summed E-state index contributed by atoms with van der Waals surface area (Å²) >= 11 is 0. The second-order valence-electron chi connectivity index (χ2n) is 42.4. The first kappa shape index (κ1) is 92.6. The highest BCUT2D eigenvalue weighted by molar-refractivity contribution is 5.92. The number of benzene rings is 13. The monoisotopic (exact) mass is 1770 g/mol. The Labute approximate surface area is 811 Å². The molecule has 0 heterocycles. The summed E-state index contributed by atoms with van der Waals surface area (Å²) < 4.78 is 0. The molecule has 0 radical (unpaired) electrons. The zero-order valence-electron chi connectivity index (χ0n) is 84.3. The molecular formula is C135H146. The van der Waals surface area contributed by atoms with Crippen molar-refractivity contribution in [3.8, 4) is 55.6 Å². The first-order chi connectivity index (χ1) is 65.7. The standard InChI is InChI=1S/C30H24.3C27H34.C24H20/c1-20-13-15-24-25-16-14-21(2)29-28(25)26(27(24)19-20)17-18-30(29,22-9-5-3-6-10-22)23-11-7-4-8-12-23;1-5-6-7-8-9-10-15-27-16-11-12-22-20(3)13-14-23(26(22)27)25-21(4)17-19(2)18-24(25)27;1-5-6-7-8-9-10-15-27-16-11-12-22-21(4)20(3)18-24(26(22)27)23-14-13-19(2)17-25(23)27;1-5-6-7-8-9-10-15-27-16-11-12-22-20(3)18-21(4)25(26(22)27)23-14-13-19(2)17-24(23)27;1-15-8-10-19-20-11-9-16(2)23-18(17-6-4-3-5-7-17)12-13-21(24(20)23)22(19)14-15/h3-19,26H,1-2H3;3*11,13-14,16-18H,5-10,12,15H2,1-4H3;3-14,18,21H,1-2H3. The minimum absolute atomic E-state index is 0.117. The number of fused-ring (bicyclic) bond motifs is 15. The third-order valence-electron chi connectivity index (χ3n) is 33.4. The van der Waals surface area contributed by atoms with Crippen LogP contribution in [0, 0.1) is 90.0 Å². The Morgan fingerprint density at radius 3 is 1.24 bits per heavy atom. The van der Waals surface area contributed by atoms with Gasteiger partial charge in [0.1, 0.15) is 0 Å². The highest BCUT2D eigenvalue weighted by atomic mass is 14.5. The summed E-state index contributed by atoms with van der Waals surface area (Å²) in [6.07, 6.45) is 56.5.